The standard InChI is InChI=1S/C22H28N2O6S/c1-4-30-18-7-5-17(6-8-18)16(2)23-22(25)20-15-19(9-10-21(20)28-3)31(26,27)24-11-13-29-14-12-24/h5-10,15-16H,4,11-14H2,1-3H3,(H,23,25)/t16-/m0/s1. The lowest BCUT2D eigenvalue weighted by molar-refractivity contribution is 0.0730. The number of carbonyl (C=O) groups is 1. The van der Waals surface area contributed by atoms with Gasteiger partial charge in [-0.3, -0.25) is 4.79 Å². The maximum Gasteiger partial charge on any atom is 0.255 e. The lowest BCUT2D eigenvalue weighted by atomic mass is 10.1. The number of nitrogens with one attached hydrogen (secondary N) is 1. The number of carbonyl (C=O) groups excluding carboxylic acids is 1. The van der Waals surface area contributed by atoms with Gasteiger partial charge in [0.25, 0.3) is 5.91 Å². The van der Waals surface area contributed by atoms with Crippen LogP contribution in [-0.2, 0) is 14.8 Å². The fourth-order valence-electron chi connectivity index (χ4n) is 3.34. The number of rotatable bonds is 8. The van der Waals surface area contributed by atoms with Crippen LogP contribution in [0.1, 0.15) is 35.8 Å². The van der Waals surface area contributed by atoms with Crippen molar-refractivity contribution in [1.82, 2.24) is 9.62 Å². The molecule has 9 heteroatoms. The third kappa shape index (κ3) is 5.36. The first-order valence-electron chi connectivity index (χ1n) is 10.2. The Hall–Kier alpha value is -2.62. The third-order valence-electron chi connectivity index (χ3n) is 5.06. The Morgan fingerprint density at radius 2 is 1.84 bits per heavy atom. The molecule has 0 radical (unpaired) electrons. The number of benzene rings is 2. The molecule has 0 unspecified atom stereocenters. The van der Waals surface area contributed by atoms with E-state index in [1.165, 1.54) is 29.6 Å². The molecule has 3 rings (SSSR count). The van der Waals surface area contributed by atoms with Crippen molar-refractivity contribution in [2.75, 3.05) is 40.0 Å². The van der Waals surface area contributed by atoms with Gasteiger partial charge in [-0.2, -0.15) is 4.31 Å². The minimum atomic E-state index is -3.73. The summed E-state index contributed by atoms with van der Waals surface area (Å²) in [5.74, 6) is 0.641. The van der Waals surface area contributed by atoms with Crippen molar-refractivity contribution in [3.63, 3.8) is 0 Å². The fourth-order valence-corrected chi connectivity index (χ4v) is 4.77. The van der Waals surface area contributed by atoms with E-state index in [0.29, 0.717) is 25.6 Å². The van der Waals surface area contributed by atoms with Gasteiger partial charge in [-0.05, 0) is 49.7 Å². The van der Waals surface area contributed by atoms with Crippen LogP contribution >= 0.6 is 0 Å². The monoisotopic (exact) mass is 448 g/mol. The van der Waals surface area contributed by atoms with Gasteiger partial charge in [-0.1, -0.05) is 12.1 Å². The SMILES string of the molecule is CCOc1ccc([C@H](C)NC(=O)c2cc(S(=O)(=O)N3CCOCC3)ccc2OC)cc1. The summed E-state index contributed by atoms with van der Waals surface area (Å²) >= 11 is 0. The first kappa shape index (κ1) is 23.1. The number of morpholine rings is 1. The van der Waals surface area contributed by atoms with Gasteiger partial charge in [-0.25, -0.2) is 8.42 Å². The largest absolute Gasteiger partial charge is 0.496 e. The summed E-state index contributed by atoms with van der Waals surface area (Å²) in [5, 5.41) is 2.91. The lowest BCUT2D eigenvalue weighted by Crippen LogP contribution is -2.40. The third-order valence-corrected chi connectivity index (χ3v) is 6.96. The number of nitrogens with zero attached hydrogens (tertiary/aromatic N) is 1. The second-order valence-electron chi connectivity index (χ2n) is 7.08. The van der Waals surface area contributed by atoms with Crippen molar-refractivity contribution in [3.05, 3.63) is 53.6 Å². The average molecular weight is 449 g/mol. The molecule has 8 nitrogen and oxygen atoms in total. The van der Waals surface area contributed by atoms with Gasteiger partial charge in [0.15, 0.2) is 0 Å². The van der Waals surface area contributed by atoms with Crippen LogP contribution in [0.3, 0.4) is 0 Å². The summed E-state index contributed by atoms with van der Waals surface area (Å²) < 4.78 is 43.3. The highest BCUT2D eigenvalue weighted by molar-refractivity contribution is 7.89. The topological polar surface area (TPSA) is 94.2 Å². The van der Waals surface area contributed by atoms with E-state index in [1.54, 1.807) is 0 Å². The van der Waals surface area contributed by atoms with E-state index >= 15 is 0 Å². The van der Waals surface area contributed by atoms with Crippen molar-refractivity contribution in [2.45, 2.75) is 24.8 Å². The summed E-state index contributed by atoms with van der Waals surface area (Å²) in [6.45, 7) is 5.61. The minimum absolute atomic E-state index is 0.0501. The molecule has 1 atom stereocenters. The van der Waals surface area contributed by atoms with E-state index in [2.05, 4.69) is 5.32 Å². The predicted molar refractivity (Wildman–Crippen MR) is 116 cm³/mol. The Kier molecular flexibility index (Phi) is 7.53. The van der Waals surface area contributed by atoms with Gasteiger partial charge < -0.3 is 19.5 Å². The summed E-state index contributed by atoms with van der Waals surface area (Å²) in [6.07, 6.45) is 0. The molecule has 0 saturated carbocycles. The second-order valence-corrected chi connectivity index (χ2v) is 9.01. The first-order chi connectivity index (χ1) is 14.9. The van der Waals surface area contributed by atoms with Gasteiger partial charge in [0, 0.05) is 13.1 Å². The Balaban J connectivity index is 1.81. The predicted octanol–water partition coefficient (Wildman–Crippen LogP) is 2.61. The highest BCUT2D eigenvalue weighted by Gasteiger charge is 2.28. The Labute approximate surface area is 183 Å². The van der Waals surface area contributed by atoms with Crippen molar-refractivity contribution < 1.29 is 27.4 Å². The molecule has 168 valence electrons. The maximum absolute atomic E-state index is 13.0. The smallest absolute Gasteiger partial charge is 0.255 e. The molecule has 2 aromatic rings. The zero-order valence-electron chi connectivity index (χ0n) is 18.0. The van der Waals surface area contributed by atoms with Crippen LogP contribution in [0, 0.1) is 0 Å². The fraction of sp³-hybridized carbons (Fsp3) is 0.409. The van der Waals surface area contributed by atoms with Crippen molar-refractivity contribution in [2.24, 2.45) is 0 Å². The van der Waals surface area contributed by atoms with Crippen LogP contribution in [-0.4, -0.2) is 58.7 Å². The Morgan fingerprint density at radius 3 is 2.45 bits per heavy atom. The van der Waals surface area contributed by atoms with Crippen molar-refractivity contribution >= 4 is 15.9 Å². The van der Waals surface area contributed by atoms with E-state index in [-0.39, 0.29) is 29.6 Å². The van der Waals surface area contributed by atoms with E-state index in [9.17, 15) is 13.2 Å². The Bertz CT molecular complexity index is 1000. The van der Waals surface area contributed by atoms with E-state index in [4.69, 9.17) is 14.2 Å². The molecule has 1 heterocycles. The average Bonchev–Trinajstić information content (AvgIpc) is 2.79. The first-order valence-corrected chi connectivity index (χ1v) is 11.6. The van der Waals surface area contributed by atoms with E-state index in [0.717, 1.165) is 11.3 Å². The summed E-state index contributed by atoms with van der Waals surface area (Å²) in [6, 6.07) is 11.5. The van der Waals surface area contributed by atoms with Gasteiger partial charge in [0.05, 0.1) is 43.4 Å². The highest BCUT2D eigenvalue weighted by Crippen LogP contribution is 2.26. The molecule has 0 spiro atoms. The van der Waals surface area contributed by atoms with Gasteiger partial charge in [0.2, 0.25) is 10.0 Å². The zero-order chi connectivity index (χ0) is 22.4. The number of hydrogen-bond acceptors (Lipinski definition) is 6. The van der Waals surface area contributed by atoms with E-state index < -0.39 is 15.9 Å². The molecule has 1 saturated heterocycles. The second kappa shape index (κ2) is 10.1. The molecule has 1 amide bonds. The van der Waals surface area contributed by atoms with Crippen LogP contribution in [0.4, 0.5) is 0 Å². The molecule has 0 aliphatic carbocycles. The van der Waals surface area contributed by atoms with Gasteiger partial charge in [0.1, 0.15) is 11.5 Å². The number of hydrogen-bond donors (Lipinski definition) is 1. The molecule has 2 aromatic carbocycles. The Morgan fingerprint density at radius 1 is 1.16 bits per heavy atom. The molecule has 31 heavy (non-hydrogen) atoms. The number of amides is 1. The quantitative estimate of drug-likeness (QED) is 0.667. The van der Waals surface area contributed by atoms with Gasteiger partial charge in [-0.15, -0.1) is 0 Å². The zero-order valence-corrected chi connectivity index (χ0v) is 18.8. The van der Waals surface area contributed by atoms with Crippen LogP contribution in [0.25, 0.3) is 0 Å². The molecule has 0 bridgehead atoms. The lowest BCUT2D eigenvalue weighted by Gasteiger charge is -2.26. The molecule has 1 aliphatic heterocycles. The molecular weight excluding hydrogens is 420 g/mol. The number of methoxy groups -OCH3 is 1. The van der Waals surface area contributed by atoms with Crippen molar-refractivity contribution in [3.8, 4) is 11.5 Å². The maximum atomic E-state index is 13.0. The van der Waals surface area contributed by atoms with Crippen LogP contribution < -0.4 is 14.8 Å². The van der Waals surface area contributed by atoms with E-state index in [1.807, 2.05) is 38.1 Å². The summed E-state index contributed by atoms with van der Waals surface area (Å²) in [4.78, 5) is 13.0. The van der Waals surface area contributed by atoms with Crippen LogP contribution in [0.5, 0.6) is 11.5 Å². The van der Waals surface area contributed by atoms with Crippen LogP contribution in [0.2, 0.25) is 0 Å². The summed E-state index contributed by atoms with van der Waals surface area (Å²) in [5.41, 5.74) is 1.06. The van der Waals surface area contributed by atoms with Crippen molar-refractivity contribution in [1.29, 1.82) is 0 Å². The number of ether oxygens (including phenoxy) is 3. The normalized spacial score (nSPS) is 15.8. The van der Waals surface area contributed by atoms with Gasteiger partial charge >= 0.3 is 0 Å². The molecule has 0 aromatic heterocycles. The molecule has 1 aliphatic rings. The summed E-state index contributed by atoms with van der Waals surface area (Å²) in [7, 11) is -2.29. The molecular formula is C22H28N2O6S. The molecule has 1 fully saturated rings. The molecule has 1 N–H and O–H groups in total. The van der Waals surface area contributed by atoms with Crippen LogP contribution in [0.15, 0.2) is 47.4 Å². The highest BCUT2D eigenvalue weighted by atomic mass is 32.2. The minimum Gasteiger partial charge on any atom is -0.496 e. The number of sulfonamides is 1.